The van der Waals surface area contributed by atoms with Crippen molar-refractivity contribution in [2.24, 2.45) is 5.73 Å². The molecular weight excluding hydrogens is 270 g/mol. The molecule has 1 aromatic carbocycles. The fraction of sp³-hybridized carbons (Fsp3) is 0.312. The van der Waals surface area contributed by atoms with Crippen LogP contribution in [0.1, 0.15) is 17.0 Å². The number of nitrogens with zero attached hydrogens (tertiary/aromatic N) is 2. The zero-order chi connectivity index (χ0) is 13.1. The lowest BCUT2D eigenvalue weighted by Gasteiger charge is -2.15. The highest BCUT2D eigenvalue weighted by molar-refractivity contribution is 5.85. The summed E-state index contributed by atoms with van der Waals surface area (Å²) >= 11 is 0. The van der Waals surface area contributed by atoms with Crippen molar-refractivity contribution >= 4 is 12.4 Å². The van der Waals surface area contributed by atoms with Crippen molar-refractivity contribution in [3.8, 4) is 0 Å². The molecule has 1 saturated heterocycles. The van der Waals surface area contributed by atoms with Crippen LogP contribution in [0.5, 0.6) is 0 Å². The second kappa shape index (κ2) is 6.84. The van der Waals surface area contributed by atoms with Gasteiger partial charge in [-0.25, -0.2) is 0 Å². The van der Waals surface area contributed by atoms with Crippen LogP contribution in [0.2, 0.25) is 0 Å². The van der Waals surface area contributed by atoms with Gasteiger partial charge in [0, 0.05) is 44.0 Å². The van der Waals surface area contributed by atoms with Gasteiger partial charge in [0.05, 0.1) is 0 Å². The van der Waals surface area contributed by atoms with Gasteiger partial charge in [-0.05, 0) is 17.2 Å². The third kappa shape index (κ3) is 3.37. The fourth-order valence-corrected chi connectivity index (χ4v) is 2.83. The molecule has 2 atom stereocenters. The molecule has 106 valence electrons. The number of rotatable bonds is 3. The summed E-state index contributed by atoms with van der Waals surface area (Å²) in [6.07, 6.45) is 3.75. The van der Waals surface area contributed by atoms with Crippen LogP contribution in [-0.4, -0.2) is 29.0 Å². The van der Waals surface area contributed by atoms with E-state index in [1.165, 1.54) is 11.1 Å². The van der Waals surface area contributed by atoms with Crippen molar-refractivity contribution in [1.29, 1.82) is 0 Å². The van der Waals surface area contributed by atoms with Gasteiger partial charge in [-0.15, -0.1) is 12.4 Å². The predicted molar refractivity (Wildman–Crippen MR) is 83.9 cm³/mol. The number of hydrogen-bond acceptors (Lipinski definition) is 3. The molecule has 1 fully saturated rings. The minimum Gasteiger partial charge on any atom is -0.326 e. The maximum absolute atomic E-state index is 6.29. The van der Waals surface area contributed by atoms with Crippen molar-refractivity contribution in [2.45, 2.75) is 18.5 Å². The van der Waals surface area contributed by atoms with Gasteiger partial charge in [0.25, 0.3) is 0 Å². The Morgan fingerprint density at radius 1 is 1.10 bits per heavy atom. The molecule has 0 saturated carbocycles. The second-order valence-corrected chi connectivity index (χ2v) is 5.24. The Morgan fingerprint density at radius 2 is 1.90 bits per heavy atom. The lowest BCUT2D eigenvalue weighted by Crippen LogP contribution is -2.28. The van der Waals surface area contributed by atoms with Crippen molar-refractivity contribution in [3.05, 3.63) is 66.0 Å². The molecule has 2 heterocycles. The van der Waals surface area contributed by atoms with Crippen LogP contribution in [-0.2, 0) is 6.54 Å². The zero-order valence-electron chi connectivity index (χ0n) is 11.4. The van der Waals surface area contributed by atoms with E-state index in [2.05, 4.69) is 46.3 Å². The number of hydrogen-bond donors (Lipinski definition) is 1. The molecule has 1 aromatic heterocycles. The molecule has 0 bridgehead atoms. The summed E-state index contributed by atoms with van der Waals surface area (Å²) in [5, 5.41) is 0. The summed E-state index contributed by atoms with van der Waals surface area (Å²) in [5.41, 5.74) is 8.89. The quantitative estimate of drug-likeness (QED) is 0.944. The van der Waals surface area contributed by atoms with Crippen LogP contribution in [0.15, 0.2) is 54.9 Å². The molecule has 1 aliphatic rings. The molecular formula is C16H20ClN3. The number of likely N-dealkylation sites (tertiary alicyclic amines) is 1. The maximum Gasteiger partial charge on any atom is 0.0303 e. The SMILES string of the molecule is Cl.NC1CN(Cc2ccccc2)CC1c1cccnc1. The van der Waals surface area contributed by atoms with E-state index in [0.717, 1.165) is 19.6 Å². The Labute approximate surface area is 126 Å². The standard InChI is InChI=1S/C16H19N3.ClH/c17-16-12-19(10-13-5-2-1-3-6-13)11-15(16)14-7-4-8-18-9-14;/h1-9,15-16H,10-12,17H2;1H. The van der Waals surface area contributed by atoms with Crippen molar-refractivity contribution in [1.82, 2.24) is 9.88 Å². The Morgan fingerprint density at radius 3 is 2.60 bits per heavy atom. The van der Waals surface area contributed by atoms with Gasteiger partial charge in [0.2, 0.25) is 0 Å². The summed E-state index contributed by atoms with van der Waals surface area (Å²) in [4.78, 5) is 6.63. The molecule has 1 aliphatic heterocycles. The molecule has 3 rings (SSSR count). The van der Waals surface area contributed by atoms with Crippen LogP contribution < -0.4 is 5.73 Å². The largest absolute Gasteiger partial charge is 0.326 e. The van der Waals surface area contributed by atoms with Crippen LogP contribution in [0.3, 0.4) is 0 Å². The van der Waals surface area contributed by atoms with E-state index in [9.17, 15) is 0 Å². The zero-order valence-corrected chi connectivity index (χ0v) is 12.2. The number of pyridine rings is 1. The predicted octanol–water partition coefficient (Wildman–Crippen LogP) is 2.43. The second-order valence-electron chi connectivity index (χ2n) is 5.24. The van der Waals surface area contributed by atoms with Gasteiger partial charge in [-0.1, -0.05) is 36.4 Å². The molecule has 2 aromatic rings. The smallest absolute Gasteiger partial charge is 0.0303 e. The summed E-state index contributed by atoms with van der Waals surface area (Å²) < 4.78 is 0. The summed E-state index contributed by atoms with van der Waals surface area (Å²) in [7, 11) is 0. The molecule has 4 heteroatoms. The minimum atomic E-state index is 0. The summed E-state index contributed by atoms with van der Waals surface area (Å²) in [6, 6.07) is 14.9. The number of nitrogens with two attached hydrogens (primary N) is 1. The first kappa shape index (κ1) is 15.0. The number of halogens is 1. The first-order valence-electron chi connectivity index (χ1n) is 6.75. The lowest BCUT2D eigenvalue weighted by atomic mass is 9.97. The monoisotopic (exact) mass is 289 g/mol. The summed E-state index contributed by atoms with van der Waals surface area (Å²) in [5.74, 6) is 0.400. The number of aromatic nitrogens is 1. The van der Waals surface area contributed by atoms with E-state index in [1.54, 1.807) is 0 Å². The Bertz CT molecular complexity index is 518. The van der Waals surface area contributed by atoms with Crippen LogP contribution >= 0.6 is 12.4 Å². The van der Waals surface area contributed by atoms with Crippen molar-refractivity contribution in [2.75, 3.05) is 13.1 Å². The molecule has 0 radical (unpaired) electrons. The van der Waals surface area contributed by atoms with Crippen molar-refractivity contribution < 1.29 is 0 Å². The van der Waals surface area contributed by atoms with E-state index in [4.69, 9.17) is 5.73 Å². The molecule has 2 unspecified atom stereocenters. The summed E-state index contributed by atoms with van der Waals surface area (Å²) in [6.45, 7) is 2.95. The van der Waals surface area contributed by atoms with Gasteiger partial charge < -0.3 is 5.73 Å². The van der Waals surface area contributed by atoms with E-state index < -0.39 is 0 Å². The molecule has 3 nitrogen and oxygen atoms in total. The fourth-order valence-electron chi connectivity index (χ4n) is 2.83. The third-order valence-corrected chi connectivity index (χ3v) is 3.80. The molecule has 0 amide bonds. The molecule has 20 heavy (non-hydrogen) atoms. The van der Waals surface area contributed by atoms with Crippen LogP contribution in [0.4, 0.5) is 0 Å². The molecule has 0 spiro atoms. The molecule has 2 N–H and O–H groups in total. The van der Waals surface area contributed by atoms with Crippen molar-refractivity contribution in [3.63, 3.8) is 0 Å². The average Bonchev–Trinajstić information content (AvgIpc) is 2.82. The van der Waals surface area contributed by atoms with Crippen LogP contribution in [0, 0.1) is 0 Å². The van der Waals surface area contributed by atoms with E-state index in [1.807, 2.05) is 18.5 Å². The Balaban J connectivity index is 0.00000147. The highest BCUT2D eigenvalue weighted by atomic mass is 35.5. The van der Waals surface area contributed by atoms with Gasteiger partial charge in [0.1, 0.15) is 0 Å². The lowest BCUT2D eigenvalue weighted by molar-refractivity contribution is 0.324. The normalized spacial score (nSPS) is 22.4. The Hall–Kier alpha value is -1.42. The van der Waals surface area contributed by atoms with Gasteiger partial charge in [0.15, 0.2) is 0 Å². The van der Waals surface area contributed by atoms with E-state index in [-0.39, 0.29) is 18.4 Å². The third-order valence-electron chi connectivity index (χ3n) is 3.80. The van der Waals surface area contributed by atoms with Gasteiger partial charge in [-0.2, -0.15) is 0 Å². The molecule has 0 aliphatic carbocycles. The first-order chi connectivity index (χ1) is 9.33. The maximum atomic E-state index is 6.29. The topological polar surface area (TPSA) is 42.1 Å². The van der Waals surface area contributed by atoms with Crippen LogP contribution in [0.25, 0.3) is 0 Å². The minimum absolute atomic E-state index is 0. The highest BCUT2D eigenvalue weighted by Crippen LogP contribution is 2.26. The average molecular weight is 290 g/mol. The first-order valence-corrected chi connectivity index (χ1v) is 6.75. The van der Waals surface area contributed by atoms with Gasteiger partial charge in [-0.3, -0.25) is 9.88 Å². The Kier molecular flexibility index (Phi) is 5.12. The van der Waals surface area contributed by atoms with E-state index in [0.29, 0.717) is 5.92 Å². The number of benzene rings is 1. The van der Waals surface area contributed by atoms with Gasteiger partial charge >= 0.3 is 0 Å². The van der Waals surface area contributed by atoms with E-state index >= 15 is 0 Å². The highest BCUT2D eigenvalue weighted by Gasteiger charge is 2.31.